The Balaban J connectivity index is 2.86. The Morgan fingerprint density at radius 1 is 0.960 bits per heavy atom. The van der Waals surface area contributed by atoms with Crippen LogP contribution in [0.15, 0.2) is 30.3 Å². The third-order valence-corrected chi connectivity index (χ3v) is 5.23. The van der Waals surface area contributed by atoms with Crippen molar-refractivity contribution >= 4 is 10.1 Å². The summed E-state index contributed by atoms with van der Waals surface area (Å²) in [4.78, 5) is 0. The van der Waals surface area contributed by atoms with Crippen molar-refractivity contribution in [1.82, 2.24) is 0 Å². The molecule has 0 aliphatic rings. The van der Waals surface area contributed by atoms with Crippen molar-refractivity contribution in [2.75, 3.05) is 31.9 Å². The normalized spacial score (nSPS) is 11.8. The van der Waals surface area contributed by atoms with Crippen LogP contribution in [0.1, 0.15) is 51.5 Å². The van der Waals surface area contributed by atoms with Gasteiger partial charge in [0.15, 0.2) is 0 Å². The molecule has 0 aliphatic carbocycles. The standard InChI is InChI=1S/C20H31NO3S/c1-3-5-15-21(16-6-4-2,18-11-19-25(22,23)24)17-10-14-20-12-8-7-9-13-20/h7-9,12-13H,3-6,11,15-19H2,1-2H3/p+1. The number of hydrogen-bond donors (Lipinski definition) is 1. The van der Waals surface area contributed by atoms with E-state index in [1.807, 2.05) is 30.3 Å². The topological polar surface area (TPSA) is 54.4 Å². The van der Waals surface area contributed by atoms with Crippen molar-refractivity contribution in [3.63, 3.8) is 0 Å². The summed E-state index contributed by atoms with van der Waals surface area (Å²) >= 11 is 0. The maximum atomic E-state index is 11.1. The van der Waals surface area contributed by atoms with Gasteiger partial charge in [0.05, 0.1) is 25.4 Å². The molecule has 0 spiro atoms. The molecule has 0 aromatic heterocycles. The van der Waals surface area contributed by atoms with Gasteiger partial charge in [0.25, 0.3) is 10.1 Å². The molecule has 0 unspecified atom stereocenters. The lowest BCUT2D eigenvalue weighted by molar-refractivity contribution is -0.922. The average molecular weight is 367 g/mol. The molecule has 4 nitrogen and oxygen atoms in total. The summed E-state index contributed by atoms with van der Waals surface area (Å²) in [7, 11) is -3.90. The second-order valence-electron chi connectivity index (χ2n) is 6.69. The maximum absolute atomic E-state index is 11.1. The summed E-state index contributed by atoms with van der Waals surface area (Å²) < 4.78 is 32.0. The molecular formula is C20H32NO3S+. The summed E-state index contributed by atoms with van der Waals surface area (Å²) in [5.74, 6) is 6.38. The number of rotatable bonds is 11. The molecule has 1 N–H and O–H groups in total. The van der Waals surface area contributed by atoms with Gasteiger partial charge in [-0.15, -0.1) is 0 Å². The van der Waals surface area contributed by atoms with E-state index in [0.717, 1.165) is 61.9 Å². The summed E-state index contributed by atoms with van der Waals surface area (Å²) in [6, 6.07) is 9.93. The minimum absolute atomic E-state index is 0.169. The lowest BCUT2D eigenvalue weighted by Crippen LogP contribution is -2.50. The van der Waals surface area contributed by atoms with E-state index in [4.69, 9.17) is 4.55 Å². The summed E-state index contributed by atoms with van der Waals surface area (Å²) in [6.07, 6.45) is 4.89. The van der Waals surface area contributed by atoms with Crippen LogP contribution in [-0.2, 0) is 10.1 Å². The van der Waals surface area contributed by atoms with E-state index in [2.05, 4.69) is 25.7 Å². The van der Waals surface area contributed by atoms with E-state index in [1.54, 1.807) is 0 Å². The number of unbranched alkanes of at least 4 members (excludes halogenated alkanes) is 2. The van der Waals surface area contributed by atoms with Crippen LogP contribution in [-0.4, -0.2) is 49.4 Å². The highest BCUT2D eigenvalue weighted by Gasteiger charge is 2.25. The van der Waals surface area contributed by atoms with Gasteiger partial charge in [-0.2, -0.15) is 8.42 Å². The molecule has 1 aromatic carbocycles. The van der Waals surface area contributed by atoms with E-state index < -0.39 is 10.1 Å². The van der Waals surface area contributed by atoms with Crippen LogP contribution in [0.3, 0.4) is 0 Å². The fourth-order valence-corrected chi connectivity index (χ4v) is 3.47. The number of quaternary nitrogens is 1. The van der Waals surface area contributed by atoms with E-state index >= 15 is 0 Å². The predicted octanol–water partition coefficient (Wildman–Crippen LogP) is 3.73. The van der Waals surface area contributed by atoms with Crippen molar-refractivity contribution in [3.8, 4) is 11.8 Å². The maximum Gasteiger partial charge on any atom is 0.265 e. The first-order valence-electron chi connectivity index (χ1n) is 9.25. The molecule has 1 aromatic rings. The first-order valence-corrected chi connectivity index (χ1v) is 10.9. The molecule has 0 saturated carbocycles. The molecular weight excluding hydrogens is 334 g/mol. The monoisotopic (exact) mass is 366 g/mol. The largest absolute Gasteiger partial charge is 0.313 e. The van der Waals surface area contributed by atoms with Crippen molar-refractivity contribution in [2.45, 2.75) is 46.0 Å². The minimum Gasteiger partial charge on any atom is -0.313 e. The third kappa shape index (κ3) is 9.64. The fourth-order valence-electron chi connectivity index (χ4n) is 2.97. The molecule has 0 amide bonds. The van der Waals surface area contributed by atoms with Crippen LogP contribution in [0.4, 0.5) is 0 Å². The van der Waals surface area contributed by atoms with Gasteiger partial charge in [-0.3, -0.25) is 4.55 Å². The van der Waals surface area contributed by atoms with Crippen LogP contribution in [0.2, 0.25) is 0 Å². The molecule has 5 heteroatoms. The molecule has 0 aliphatic heterocycles. The van der Waals surface area contributed by atoms with Gasteiger partial charge in [0.2, 0.25) is 0 Å². The van der Waals surface area contributed by atoms with Crippen molar-refractivity contribution < 1.29 is 17.5 Å². The van der Waals surface area contributed by atoms with E-state index in [0.29, 0.717) is 6.42 Å². The van der Waals surface area contributed by atoms with Gasteiger partial charge in [-0.1, -0.05) is 50.8 Å². The number of benzene rings is 1. The van der Waals surface area contributed by atoms with Gasteiger partial charge in [0.1, 0.15) is 6.54 Å². The van der Waals surface area contributed by atoms with Crippen molar-refractivity contribution in [3.05, 3.63) is 35.9 Å². The number of nitrogens with zero attached hydrogens (tertiary/aromatic N) is 1. The van der Waals surface area contributed by atoms with Gasteiger partial charge < -0.3 is 4.48 Å². The SMILES string of the molecule is CCCC[N+](CC#Cc1ccccc1)(CCCC)CCCS(=O)(=O)O. The Bertz CT molecular complexity index is 637. The second-order valence-corrected chi connectivity index (χ2v) is 8.26. The fraction of sp³-hybridized carbons (Fsp3) is 0.600. The van der Waals surface area contributed by atoms with Gasteiger partial charge in [-0.05, 0) is 30.9 Å². The molecule has 140 valence electrons. The lowest BCUT2D eigenvalue weighted by Gasteiger charge is -2.37. The Labute approximate surface area is 153 Å². The van der Waals surface area contributed by atoms with Crippen LogP contribution in [0, 0.1) is 11.8 Å². The molecule has 0 atom stereocenters. The first-order chi connectivity index (χ1) is 11.9. The molecule has 1 rings (SSSR count). The van der Waals surface area contributed by atoms with Crippen LogP contribution < -0.4 is 0 Å². The molecule has 0 radical (unpaired) electrons. The van der Waals surface area contributed by atoms with E-state index in [9.17, 15) is 8.42 Å². The summed E-state index contributed by atoms with van der Waals surface area (Å²) in [5, 5.41) is 0. The van der Waals surface area contributed by atoms with Gasteiger partial charge in [0, 0.05) is 12.0 Å². The zero-order valence-corrected chi connectivity index (χ0v) is 16.4. The Morgan fingerprint density at radius 2 is 1.52 bits per heavy atom. The average Bonchev–Trinajstić information content (AvgIpc) is 2.58. The summed E-state index contributed by atoms with van der Waals surface area (Å²) in [5.41, 5.74) is 1.00. The zero-order valence-electron chi connectivity index (χ0n) is 15.6. The highest BCUT2D eigenvalue weighted by molar-refractivity contribution is 7.85. The Hall–Kier alpha value is -1.35. The van der Waals surface area contributed by atoms with E-state index in [1.165, 1.54) is 0 Å². The summed E-state index contributed by atoms with van der Waals surface area (Å²) in [6.45, 7) is 7.81. The van der Waals surface area contributed by atoms with Crippen molar-refractivity contribution in [1.29, 1.82) is 0 Å². The van der Waals surface area contributed by atoms with Gasteiger partial charge in [-0.25, -0.2) is 0 Å². The molecule has 25 heavy (non-hydrogen) atoms. The number of hydrogen-bond acceptors (Lipinski definition) is 2. The molecule has 0 fully saturated rings. The van der Waals surface area contributed by atoms with Crippen LogP contribution in [0.5, 0.6) is 0 Å². The van der Waals surface area contributed by atoms with Crippen LogP contribution in [0.25, 0.3) is 0 Å². The second kappa shape index (κ2) is 11.3. The highest BCUT2D eigenvalue weighted by atomic mass is 32.2. The third-order valence-electron chi connectivity index (χ3n) is 4.43. The smallest absolute Gasteiger partial charge is 0.265 e. The first kappa shape index (κ1) is 21.7. The van der Waals surface area contributed by atoms with E-state index in [-0.39, 0.29) is 5.75 Å². The minimum atomic E-state index is -3.90. The predicted molar refractivity (Wildman–Crippen MR) is 104 cm³/mol. The molecule has 0 heterocycles. The Morgan fingerprint density at radius 3 is 2.04 bits per heavy atom. The Kier molecular flexibility index (Phi) is 9.81. The molecule has 0 saturated heterocycles. The van der Waals surface area contributed by atoms with Crippen molar-refractivity contribution in [2.24, 2.45) is 0 Å². The highest BCUT2D eigenvalue weighted by Crippen LogP contribution is 2.14. The lowest BCUT2D eigenvalue weighted by atomic mass is 10.1. The zero-order chi connectivity index (χ0) is 18.6. The van der Waals surface area contributed by atoms with Crippen LogP contribution >= 0.6 is 0 Å². The van der Waals surface area contributed by atoms with Gasteiger partial charge >= 0.3 is 0 Å². The molecule has 0 bridgehead atoms. The quantitative estimate of drug-likeness (QED) is 0.369.